The molecule has 0 saturated heterocycles. The lowest BCUT2D eigenvalue weighted by Gasteiger charge is -2.29. The highest BCUT2D eigenvalue weighted by Crippen LogP contribution is 2.30. The van der Waals surface area contributed by atoms with Gasteiger partial charge in [-0.25, -0.2) is 4.98 Å². The second kappa shape index (κ2) is 4.78. The fourth-order valence-electron chi connectivity index (χ4n) is 2.60. The number of hydrogen-bond acceptors (Lipinski definition) is 3. The van der Waals surface area contributed by atoms with E-state index in [4.69, 9.17) is 0 Å². The highest BCUT2D eigenvalue weighted by atomic mass is 32.1. The van der Waals surface area contributed by atoms with E-state index in [0.29, 0.717) is 0 Å². The van der Waals surface area contributed by atoms with E-state index in [1.54, 1.807) is 0 Å². The van der Waals surface area contributed by atoms with Gasteiger partial charge in [0, 0.05) is 12.2 Å². The zero-order chi connectivity index (χ0) is 13.4. The summed E-state index contributed by atoms with van der Waals surface area (Å²) in [6.07, 6.45) is 2.08. The van der Waals surface area contributed by atoms with Crippen LogP contribution in [0, 0.1) is 13.8 Å². The van der Waals surface area contributed by atoms with Gasteiger partial charge in [0.2, 0.25) is 0 Å². The molecule has 1 aromatic heterocycles. The average molecular weight is 272 g/mol. The molecule has 19 heavy (non-hydrogen) atoms. The number of carbonyl (C=O) groups excluding carboxylic acids is 1. The molecule has 2 heterocycles. The number of fused-ring (bicyclic) bond motifs is 1. The number of amides is 1. The molecular formula is C15H16N2OS. The predicted molar refractivity (Wildman–Crippen MR) is 78.0 cm³/mol. The molecule has 4 heteroatoms. The number of rotatable bonds is 1. The topological polar surface area (TPSA) is 33.2 Å². The molecule has 0 bridgehead atoms. The zero-order valence-corrected chi connectivity index (χ0v) is 12.0. The molecule has 0 radical (unpaired) electrons. The molecule has 0 spiro atoms. The van der Waals surface area contributed by atoms with E-state index < -0.39 is 0 Å². The molecule has 0 saturated carbocycles. The Balaban J connectivity index is 2.00. The molecule has 1 aliphatic rings. The van der Waals surface area contributed by atoms with Crippen molar-refractivity contribution in [2.75, 3.05) is 11.4 Å². The number of aromatic nitrogens is 1. The van der Waals surface area contributed by atoms with E-state index in [2.05, 4.69) is 11.1 Å². The maximum Gasteiger partial charge on any atom is 0.270 e. The quantitative estimate of drug-likeness (QED) is 0.797. The predicted octanol–water partition coefficient (Wildman–Crippen LogP) is 3.35. The van der Waals surface area contributed by atoms with Gasteiger partial charge in [0.1, 0.15) is 4.88 Å². The van der Waals surface area contributed by atoms with Crippen molar-refractivity contribution < 1.29 is 4.79 Å². The number of aryl methyl sites for hydroxylation is 3. The highest BCUT2D eigenvalue weighted by Gasteiger charge is 2.25. The summed E-state index contributed by atoms with van der Waals surface area (Å²) in [6, 6.07) is 8.18. The summed E-state index contributed by atoms with van der Waals surface area (Å²) in [4.78, 5) is 19.7. The maximum atomic E-state index is 12.7. The first kappa shape index (κ1) is 12.4. The van der Waals surface area contributed by atoms with Crippen molar-refractivity contribution in [2.24, 2.45) is 0 Å². The van der Waals surface area contributed by atoms with Gasteiger partial charge in [0.05, 0.1) is 10.7 Å². The Labute approximate surface area is 116 Å². The molecule has 0 atom stereocenters. The Morgan fingerprint density at radius 3 is 2.84 bits per heavy atom. The minimum atomic E-state index is 0.0928. The third kappa shape index (κ3) is 2.16. The van der Waals surface area contributed by atoms with Crippen molar-refractivity contribution in [1.82, 2.24) is 4.98 Å². The van der Waals surface area contributed by atoms with Crippen molar-refractivity contribution in [3.05, 3.63) is 45.4 Å². The summed E-state index contributed by atoms with van der Waals surface area (Å²) in [7, 11) is 0. The monoisotopic (exact) mass is 272 g/mol. The van der Waals surface area contributed by atoms with E-state index in [1.807, 2.05) is 36.9 Å². The molecule has 0 fully saturated rings. The van der Waals surface area contributed by atoms with Gasteiger partial charge < -0.3 is 4.90 Å². The van der Waals surface area contributed by atoms with Gasteiger partial charge in [-0.1, -0.05) is 18.2 Å². The number of carbonyl (C=O) groups is 1. The first-order valence-electron chi connectivity index (χ1n) is 6.50. The van der Waals surface area contributed by atoms with Crippen LogP contribution in [-0.4, -0.2) is 17.4 Å². The number of hydrogen-bond donors (Lipinski definition) is 0. The van der Waals surface area contributed by atoms with Crippen LogP contribution in [0.15, 0.2) is 24.3 Å². The highest BCUT2D eigenvalue weighted by molar-refractivity contribution is 7.13. The van der Waals surface area contributed by atoms with Crippen LogP contribution in [0.5, 0.6) is 0 Å². The number of para-hydroxylation sites is 1. The van der Waals surface area contributed by atoms with Crippen molar-refractivity contribution in [2.45, 2.75) is 26.7 Å². The molecule has 0 N–H and O–H groups in total. The van der Waals surface area contributed by atoms with Crippen LogP contribution in [0.4, 0.5) is 5.69 Å². The fourth-order valence-corrected chi connectivity index (χ4v) is 3.47. The van der Waals surface area contributed by atoms with Crippen LogP contribution in [-0.2, 0) is 6.42 Å². The molecule has 1 amide bonds. The molecular weight excluding hydrogens is 256 g/mol. The first-order chi connectivity index (χ1) is 9.16. The fraction of sp³-hybridized carbons (Fsp3) is 0.333. The van der Waals surface area contributed by atoms with Crippen LogP contribution in [0.1, 0.15) is 32.4 Å². The summed E-state index contributed by atoms with van der Waals surface area (Å²) < 4.78 is 0. The van der Waals surface area contributed by atoms with Crippen LogP contribution in [0.25, 0.3) is 0 Å². The second-order valence-corrected chi connectivity index (χ2v) is 6.04. The molecule has 0 unspecified atom stereocenters. The molecule has 1 aromatic carbocycles. The zero-order valence-electron chi connectivity index (χ0n) is 11.1. The van der Waals surface area contributed by atoms with Gasteiger partial charge in [-0.05, 0) is 38.3 Å². The maximum absolute atomic E-state index is 12.7. The summed E-state index contributed by atoms with van der Waals surface area (Å²) in [5.74, 6) is 0.0928. The Bertz CT molecular complexity index is 633. The van der Waals surface area contributed by atoms with Gasteiger partial charge in [-0.15, -0.1) is 11.3 Å². The Morgan fingerprint density at radius 2 is 2.11 bits per heavy atom. The average Bonchev–Trinajstić information content (AvgIpc) is 2.76. The summed E-state index contributed by atoms with van der Waals surface area (Å²) in [5.41, 5.74) is 3.17. The lowest BCUT2D eigenvalue weighted by Crippen LogP contribution is -2.35. The van der Waals surface area contributed by atoms with Crippen LogP contribution >= 0.6 is 11.3 Å². The van der Waals surface area contributed by atoms with Gasteiger partial charge in [0.15, 0.2) is 0 Å². The minimum absolute atomic E-state index is 0.0928. The molecule has 2 aromatic rings. The summed E-state index contributed by atoms with van der Waals surface area (Å²) in [5, 5.41) is 0.950. The van der Waals surface area contributed by atoms with Crippen LogP contribution in [0.3, 0.4) is 0 Å². The van der Waals surface area contributed by atoms with Crippen molar-refractivity contribution >= 4 is 22.9 Å². The molecule has 3 rings (SSSR count). The van der Waals surface area contributed by atoms with Gasteiger partial charge >= 0.3 is 0 Å². The Hall–Kier alpha value is -1.68. The standard InChI is InChI=1S/C15H16N2OS/c1-10-14(19-11(2)16-10)15(18)17-9-5-7-12-6-3-4-8-13(12)17/h3-4,6,8H,5,7,9H2,1-2H3. The van der Waals surface area contributed by atoms with Crippen molar-refractivity contribution in [1.29, 1.82) is 0 Å². The smallest absolute Gasteiger partial charge is 0.270 e. The second-order valence-electron chi connectivity index (χ2n) is 4.84. The SMILES string of the molecule is Cc1nc(C)c(C(=O)N2CCCc3ccccc32)s1. The number of nitrogens with zero attached hydrogens (tertiary/aromatic N) is 2. The van der Waals surface area contributed by atoms with Crippen LogP contribution < -0.4 is 4.90 Å². The van der Waals surface area contributed by atoms with E-state index in [0.717, 1.165) is 40.7 Å². The number of benzene rings is 1. The molecule has 3 nitrogen and oxygen atoms in total. The molecule has 98 valence electrons. The lowest BCUT2D eigenvalue weighted by molar-refractivity contribution is 0.0988. The van der Waals surface area contributed by atoms with E-state index in [9.17, 15) is 4.79 Å². The van der Waals surface area contributed by atoms with E-state index in [1.165, 1.54) is 16.9 Å². The third-order valence-electron chi connectivity index (χ3n) is 3.45. The van der Waals surface area contributed by atoms with Gasteiger partial charge in [0.25, 0.3) is 5.91 Å². The first-order valence-corrected chi connectivity index (χ1v) is 7.32. The Morgan fingerprint density at radius 1 is 1.32 bits per heavy atom. The lowest BCUT2D eigenvalue weighted by atomic mass is 10.0. The van der Waals surface area contributed by atoms with Crippen molar-refractivity contribution in [3.63, 3.8) is 0 Å². The minimum Gasteiger partial charge on any atom is -0.307 e. The molecule has 1 aliphatic heterocycles. The van der Waals surface area contributed by atoms with Crippen LogP contribution in [0.2, 0.25) is 0 Å². The summed E-state index contributed by atoms with van der Waals surface area (Å²) in [6.45, 7) is 4.65. The molecule has 0 aliphatic carbocycles. The van der Waals surface area contributed by atoms with E-state index >= 15 is 0 Å². The van der Waals surface area contributed by atoms with Crippen molar-refractivity contribution in [3.8, 4) is 0 Å². The van der Waals surface area contributed by atoms with Gasteiger partial charge in [-0.3, -0.25) is 4.79 Å². The Kier molecular flexibility index (Phi) is 3.11. The normalized spacial score (nSPS) is 14.3. The van der Waals surface area contributed by atoms with Gasteiger partial charge in [-0.2, -0.15) is 0 Å². The van der Waals surface area contributed by atoms with E-state index in [-0.39, 0.29) is 5.91 Å². The number of anilines is 1. The third-order valence-corrected chi connectivity index (χ3v) is 4.51. The number of thiazole rings is 1. The largest absolute Gasteiger partial charge is 0.307 e. The summed E-state index contributed by atoms with van der Waals surface area (Å²) >= 11 is 1.49.